The minimum Gasteiger partial charge on any atom is -0.0651 e. The molecule has 1 rings (SSSR count). The summed E-state index contributed by atoms with van der Waals surface area (Å²) in [6, 6.07) is 8.84. The van der Waals surface area contributed by atoms with Crippen molar-refractivity contribution in [2.24, 2.45) is 0 Å². The Morgan fingerprint density at radius 3 is 2.42 bits per heavy atom. The summed E-state index contributed by atoms with van der Waals surface area (Å²) < 4.78 is 0. The lowest BCUT2D eigenvalue weighted by Gasteiger charge is -2.02. The Morgan fingerprint density at radius 1 is 1.17 bits per heavy atom. The van der Waals surface area contributed by atoms with Crippen LogP contribution in [0.5, 0.6) is 0 Å². The van der Waals surface area contributed by atoms with Crippen LogP contribution in [0.1, 0.15) is 30.9 Å². The van der Waals surface area contributed by atoms with Crippen LogP contribution in [0, 0.1) is 6.92 Å². The first kappa shape index (κ1) is 9.31. The van der Waals surface area contributed by atoms with E-state index in [0.29, 0.717) is 0 Å². The number of rotatable bonds is 4. The highest BCUT2D eigenvalue weighted by Gasteiger charge is 1.93. The van der Waals surface area contributed by atoms with Crippen LogP contribution in [0.3, 0.4) is 0 Å². The third kappa shape index (κ3) is 2.69. The van der Waals surface area contributed by atoms with Crippen molar-refractivity contribution in [1.29, 1.82) is 0 Å². The van der Waals surface area contributed by atoms with E-state index in [4.69, 9.17) is 0 Å². The van der Waals surface area contributed by atoms with E-state index in [2.05, 4.69) is 38.1 Å². The van der Waals surface area contributed by atoms with Crippen LogP contribution < -0.4 is 0 Å². The van der Waals surface area contributed by atoms with E-state index in [1.165, 1.54) is 24.0 Å². The van der Waals surface area contributed by atoms with Gasteiger partial charge in [0.1, 0.15) is 0 Å². The predicted octanol–water partition coefficient (Wildman–Crippen LogP) is 3.41. The minimum atomic E-state index is 0.996. The van der Waals surface area contributed by atoms with Crippen molar-refractivity contribution in [2.45, 2.75) is 32.6 Å². The molecule has 0 saturated carbocycles. The average molecular weight is 161 g/mol. The molecule has 0 amide bonds. The highest BCUT2D eigenvalue weighted by Crippen LogP contribution is 2.08. The molecule has 0 unspecified atom stereocenters. The van der Waals surface area contributed by atoms with Crippen LogP contribution in [-0.4, -0.2) is 0 Å². The van der Waals surface area contributed by atoms with E-state index in [9.17, 15) is 0 Å². The van der Waals surface area contributed by atoms with Gasteiger partial charge in [-0.1, -0.05) is 44.5 Å². The van der Waals surface area contributed by atoms with Crippen LogP contribution in [0.25, 0.3) is 0 Å². The predicted molar refractivity (Wildman–Crippen MR) is 54.1 cm³/mol. The van der Waals surface area contributed by atoms with Gasteiger partial charge in [0.05, 0.1) is 0 Å². The molecule has 0 nitrogen and oxygen atoms in total. The second-order valence-electron chi connectivity index (χ2n) is 3.17. The van der Waals surface area contributed by atoms with Crippen LogP contribution >= 0.6 is 0 Å². The summed E-state index contributed by atoms with van der Waals surface area (Å²) in [5.74, 6) is 0. The molecule has 0 saturated heterocycles. The van der Waals surface area contributed by atoms with Gasteiger partial charge in [-0.25, -0.2) is 0 Å². The van der Waals surface area contributed by atoms with Gasteiger partial charge < -0.3 is 0 Å². The average Bonchev–Trinajstić information content (AvgIpc) is 2.06. The van der Waals surface area contributed by atoms with Crippen molar-refractivity contribution in [1.82, 2.24) is 0 Å². The molecular formula is C12H17. The van der Waals surface area contributed by atoms with E-state index in [1.807, 2.05) is 0 Å². The molecule has 0 atom stereocenters. The third-order valence-electron chi connectivity index (χ3n) is 2.00. The lowest BCUT2D eigenvalue weighted by Crippen LogP contribution is -1.87. The SMILES string of the molecule is [CH2]CCc1cccc(CCC)c1. The molecule has 1 aromatic carbocycles. The van der Waals surface area contributed by atoms with E-state index < -0.39 is 0 Å². The van der Waals surface area contributed by atoms with Crippen molar-refractivity contribution in [3.8, 4) is 0 Å². The second-order valence-corrected chi connectivity index (χ2v) is 3.17. The molecule has 0 aromatic heterocycles. The number of hydrogen-bond acceptors (Lipinski definition) is 0. The van der Waals surface area contributed by atoms with Gasteiger partial charge in [0, 0.05) is 0 Å². The summed E-state index contributed by atoms with van der Waals surface area (Å²) in [4.78, 5) is 0. The molecule has 0 heteroatoms. The first-order chi connectivity index (χ1) is 5.86. The molecule has 0 bridgehead atoms. The van der Waals surface area contributed by atoms with Gasteiger partial charge in [-0.15, -0.1) is 0 Å². The Balaban J connectivity index is 2.67. The molecule has 0 aliphatic carbocycles. The molecule has 0 heterocycles. The molecular weight excluding hydrogens is 144 g/mol. The molecule has 1 radical (unpaired) electrons. The smallest absolute Gasteiger partial charge is 0.0279 e. The van der Waals surface area contributed by atoms with Crippen molar-refractivity contribution in [3.63, 3.8) is 0 Å². The van der Waals surface area contributed by atoms with Crippen molar-refractivity contribution < 1.29 is 0 Å². The topological polar surface area (TPSA) is 0 Å². The summed E-state index contributed by atoms with van der Waals surface area (Å²) >= 11 is 0. The van der Waals surface area contributed by atoms with Crippen molar-refractivity contribution in [3.05, 3.63) is 42.3 Å². The molecule has 0 spiro atoms. The third-order valence-corrected chi connectivity index (χ3v) is 2.00. The van der Waals surface area contributed by atoms with Crippen molar-refractivity contribution >= 4 is 0 Å². The molecule has 65 valence electrons. The van der Waals surface area contributed by atoms with Gasteiger partial charge in [0.25, 0.3) is 0 Å². The monoisotopic (exact) mass is 161 g/mol. The number of aryl methyl sites for hydroxylation is 2. The first-order valence-electron chi connectivity index (χ1n) is 4.74. The standard InChI is InChI=1S/C12H17/c1-3-6-11-8-5-9-12(10-11)7-4-2/h5,8-10H,1,3-4,6-7H2,2H3. The Labute approximate surface area is 75.6 Å². The summed E-state index contributed by atoms with van der Waals surface area (Å²) in [7, 11) is 0. The fourth-order valence-corrected chi connectivity index (χ4v) is 1.43. The zero-order chi connectivity index (χ0) is 8.81. The molecule has 0 aliphatic heterocycles. The highest BCUT2D eigenvalue weighted by atomic mass is 14.0. The quantitative estimate of drug-likeness (QED) is 0.635. The van der Waals surface area contributed by atoms with Gasteiger partial charge in [-0.3, -0.25) is 0 Å². The maximum atomic E-state index is 3.86. The minimum absolute atomic E-state index is 0.996. The molecule has 0 fully saturated rings. The highest BCUT2D eigenvalue weighted by molar-refractivity contribution is 5.23. The van der Waals surface area contributed by atoms with Crippen LogP contribution in [0.15, 0.2) is 24.3 Å². The van der Waals surface area contributed by atoms with E-state index in [0.717, 1.165) is 12.8 Å². The Kier molecular flexibility index (Phi) is 3.86. The van der Waals surface area contributed by atoms with Gasteiger partial charge in [-0.2, -0.15) is 0 Å². The van der Waals surface area contributed by atoms with Gasteiger partial charge in [-0.05, 0) is 30.4 Å². The summed E-state index contributed by atoms with van der Waals surface area (Å²) in [5.41, 5.74) is 2.89. The fraction of sp³-hybridized carbons (Fsp3) is 0.417. The zero-order valence-electron chi connectivity index (χ0n) is 7.84. The van der Waals surface area contributed by atoms with Crippen molar-refractivity contribution in [2.75, 3.05) is 0 Å². The second kappa shape index (κ2) is 4.97. The normalized spacial score (nSPS) is 10.2. The van der Waals surface area contributed by atoms with Gasteiger partial charge in [0.15, 0.2) is 0 Å². The van der Waals surface area contributed by atoms with E-state index in [1.54, 1.807) is 0 Å². The molecule has 12 heavy (non-hydrogen) atoms. The van der Waals surface area contributed by atoms with Crippen LogP contribution in [0.4, 0.5) is 0 Å². The molecule has 0 aliphatic rings. The Bertz CT molecular complexity index is 204. The summed E-state index contributed by atoms with van der Waals surface area (Å²) in [6.45, 7) is 6.07. The zero-order valence-corrected chi connectivity index (χ0v) is 7.84. The maximum Gasteiger partial charge on any atom is -0.0279 e. The van der Waals surface area contributed by atoms with Crippen LogP contribution in [-0.2, 0) is 12.8 Å². The van der Waals surface area contributed by atoms with Gasteiger partial charge >= 0.3 is 0 Å². The Morgan fingerprint density at radius 2 is 1.83 bits per heavy atom. The first-order valence-corrected chi connectivity index (χ1v) is 4.74. The maximum absolute atomic E-state index is 3.86. The van der Waals surface area contributed by atoms with E-state index >= 15 is 0 Å². The molecule has 0 N–H and O–H groups in total. The largest absolute Gasteiger partial charge is 0.0651 e. The Hall–Kier alpha value is -0.780. The number of hydrogen-bond donors (Lipinski definition) is 0. The fourth-order valence-electron chi connectivity index (χ4n) is 1.43. The molecule has 1 aromatic rings. The number of benzene rings is 1. The van der Waals surface area contributed by atoms with Crippen LogP contribution in [0.2, 0.25) is 0 Å². The lowest BCUT2D eigenvalue weighted by molar-refractivity contribution is 0.912. The lowest BCUT2D eigenvalue weighted by atomic mass is 10.0. The van der Waals surface area contributed by atoms with Gasteiger partial charge in [0.2, 0.25) is 0 Å². The summed E-state index contributed by atoms with van der Waals surface area (Å²) in [5, 5.41) is 0. The summed E-state index contributed by atoms with van der Waals surface area (Å²) in [6.07, 6.45) is 4.53. The van der Waals surface area contributed by atoms with E-state index in [-0.39, 0.29) is 0 Å².